The monoisotopic (exact) mass is 371 g/mol. The van der Waals surface area contributed by atoms with Crippen molar-refractivity contribution >= 4 is 11.9 Å². The second-order valence-electron chi connectivity index (χ2n) is 8.42. The first-order chi connectivity index (χ1) is 12.8. The van der Waals surface area contributed by atoms with Gasteiger partial charge in [-0.25, -0.2) is 4.99 Å². The summed E-state index contributed by atoms with van der Waals surface area (Å²) in [7, 11) is 3.48. The largest absolute Gasteiger partial charge is 0.491 e. The van der Waals surface area contributed by atoms with Crippen molar-refractivity contribution in [2.24, 2.45) is 16.1 Å². The number of ether oxygens (including phenoxy) is 2. The summed E-state index contributed by atoms with van der Waals surface area (Å²) in [5.41, 5.74) is 7.11. The van der Waals surface area contributed by atoms with Crippen LogP contribution in [-0.2, 0) is 21.5 Å². The van der Waals surface area contributed by atoms with Crippen LogP contribution in [0.5, 0.6) is 5.75 Å². The fourth-order valence-corrected chi connectivity index (χ4v) is 5.25. The van der Waals surface area contributed by atoms with Crippen molar-refractivity contribution in [2.75, 3.05) is 14.2 Å². The molecule has 4 rings (SSSR count). The smallest absolute Gasteiger partial charge is 0.262 e. The van der Waals surface area contributed by atoms with Gasteiger partial charge in [0.2, 0.25) is 0 Å². The maximum atomic E-state index is 13.5. The Hall–Kier alpha value is -2.08. The number of likely N-dealkylation sites (N-methyl/N-ethyl adjacent to an activating group) is 1. The Bertz CT molecular complexity index is 796. The molecule has 6 heteroatoms. The maximum Gasteiger partial charge on any atom is 0.262 e. The molecule has 2 spiro atoms. The zero-order chi connectivity index (χ0) is 19.4. The highest BCUT2D eigenvalue weighted by Gasteiger charge is 2.66. The summed E-state index contributed by atoms with van der Waals surface area (Å²) in [5, 5.41) is 0. The van der Waals surface area contributed by atoms with Crippen molar-refractivity contribution < 1.29 is 14.3 Å². The first kappa shape index (κ1) is 18.3. The molecule has 1 aromatic rings. The molecule has 1 atom stereocenters. The van der Waals surface area contributed by atoms with Crippen LogP contribution >= 0.6 is 0 Å². The van der Waals surface area contributed by atoms with E-state index in [1.807, 2.05) is 26.0 Å². The lowest BCUT2D eigenvalue weighted by atomic mass is 9.61. The van der Waals surface area contributed by atoms with Gasteiger partial charge in [-0.3, -0.25) is 9.69 Å². The predicted molar refractivity (Wildman–Crippen MR) is 104 cm³/mol. The van der Waals surface area contributed by atoms with E-state index >= 15 is 0 Å². The summed E-state index contributed by atoms with van der Waals surface area (Å²) < 4.78 is 11.5. The molecule has 1 unspecified atom stereocenters. The molecule has 3 aliphatic rings. The van der Waals surface area contributed by atoms with Gasteiger partial charge in [-0.05, 0) is 69.2 Å². The standard InChI is InChI=1S/C21H29N3O3/c1-13(2)27-16-6-5-14-12-20(9-7-15(26-4)8-10-20)21(17(14)11-16)18(25)24(3)19(22)23-21/h5-6,11,13,15H,7-10,12H2,1-4H3,(H2,22,23). The van der Waals surface area contributed by atoms with Gasteiger partial charge in [0.1, 0.15) is 5.75 Å². The summed E-state index contributed by atoms with van der Waals surface area (Å²) in [4.78, 5) is 19.9. The Morgan fingerprint density at radius 3 is 2.56 bits per heavy atom. The van der Waals surface area contributed by atoms with Crippen molar-refractivity contribution in [2.45, 2.75) is 63.7 Å². The second kappa shape index (κ2) is 6.23. The molecule has 0 saturated heterocycles. The van der Waals surface area contributed by atoms with Crippen LogP contribution in [0.15, 0.2) is 23.2 Å². The zero-order valence-electron chi connectivity index (χ0n) is 16.6. The SMILES string of the molecule is COC1CCC2(CC1)Cc1ccc(OC(C)C)cc1C21N=C(N)N(C)C1=O. The summed E-state index contributed by atoms with van der Waals surface area (Å²) in [6.45, 7) is 4.00. The first-order valence-electron chi connectivity index (χ1n) is 9.79. The normalized spacial score (nSPS) is 32.5. The first-order valence-corrected chi connectivity index (χ1v) is 9.79. The number of hydrogen-bond donors (Lipinski definition) is 1. The number of nitrogens with zero attached hydrogens (tertiary/aromatic N) is 2. The third-order valence-corrected chi connectivity index (χ3v) is 6.60. The Morgan fingerprint density at radius 1 is 1.30 bits per heavy atom. The molecule has 1 saturated carbocycles. The highest BCUT2D eigenvalue weighted by Crippen LogP contribution is 2.62. The quantitative estimate of drug-likeness (QED) is 0.886. The van der Waals surface area contributed by atoms with Gasteiger partial charge in [-0.1, -0.05) is 6.07 Å². The predicted octanol–water partition coefficient (Wildman–Crippen LogP) is 2.59. The highest BCUT2D eigenvalue weighted by atomic mass is 16.5. The van der Waals surface area contributed by atoms with E-state index in [-0.39, 0.29) is 23.5 Å². The van der Waals surface area contributed by atoms with Gasteiger partial charge in [0.15, 0.2) is 11.5 Å². The Kier molecular flexibility index (Phi) is 4.22. The lowest BCUT2D eigenvalue weighted by Crippen LogP contribution is -2.51. The van der Waals surface area contributed by atoms with Crippen LogP contribution in [0.3, 0.4) is 0 Å². The van der Waals surface area contributed by atoms with Crippen molar-refractivity contribution in [3.05, 3.63) is 29.3 Å². The van der Waals surface area contributed by atoms with E-state index < -0.39 is 5.54 Å². The van der Waals surface area contributed by atoms with Gasteiger partial charge in [0, 0.05) is 19.6 Å². The van der Waals surface area contributed by atoms with E-state index in [1.54, 1.807) is 14.2 Å². The van der Waals surface area contributed by atoms with E-state index in [0.29, 0.717) is 5.96 Å². The van der Waals surface area contributed by atoms with Gasteiger partial charge in [0.05, 0.1) is 12.2 Å². The number of nitrogens with two attached hydrogens (primary N) is 1. The Labute approximate surface area is 160 Å². The van der Waals surface area contributed by atoms with Crippen LogP contribution in [0.4, 0.5) is 0 Å². The minimum Gasteiger partial charge on any atom is -0.491 e. The number of methoxy groups -OCH3 is 1. The number of fused-ring (bicyclic) bond motifs is 3. The number of carbonyl (C=O) groups excluding carboxylic acids is 1. The van der Waals surface area contributed by atoms with Gasteiger partial charge in [0.25, 0.3) is 5.91 Å². The number of aliphatic imine (C=N–C) groups is 1. The van der Waals surface area contributed by atoms with Crippen LogP contribution in [0.25, 0.3) is 0 Å². The van der Waals surface area contributed by atoms with Gasteiger partial charge < -0.3 is 15.2 Å². The average molecular weight is 371 g/mol. The van der Waals surface area contributed by atoms with Crippen LogP contribution in [0.1, 0.15) is 50.7 Å². The number of hydrogen-bond acceptors (Lipinski definition) is 5. The third-order valence-electron chi connectivity index (χ3n) is 6.60. The second-order valence-corrected chi connectivity index (χ2v) is 8.42. The minimum absolute atomic E-state index is 0.0173. The Balaban J connectivity index is 1.84. The molecule has 0 aromatic heterocycles. The fourth-order valence-electron chi connectivity index (χ4n) is 5.25. The lowest BCUT2D eigenvalue weighted by molar-refractivity contribution is -0.137. The summed E-state index contributed by atoms with van der Waals surface area (Å²) in [6.07, 6.45) is 4.85. The number of carbonyl (C=O) groups is 1. The number of amides is 1. The van der Waals surface area contributed by atoms with Gasteiger partial charge >= 0.3 is 0 Å². The molecular weight excluding hydrogens is 342 g/mol. The molecular formula is C21H29N3O3. The van der Waals surface area contributed by atoms with Gasteiger partial charge in [-0.2, -0.15) is 0 Å². The van der Waals surface area contributed by atoms with Crippen molar-refractivity contribution in [1.82, 2.24) is 4.90 Å². The molecule has 146 valence electrons. The number of guanidine groups is 1. The molecule has 6 nitrogen and oxygen atoms in total. The average Bonchev–Trinajstić information content (AvgIpc) is 3.03. The zero-order valence-corrected chi connectivity index (χ0v) is 16.6. The maximum absolute atomic E-state index is 13.5. The van der Waals surface area contributed by atoms with E-state index in [4.69, 9.17) is 20.2 Å². The van der Waals surface area contributed by atoms with Crippen LogP contribution in [0.2, 0.25) is 0 Å². The molecule has 0 bridgehead atoms. The van der Waals surface area contributed by atoms with Gasteiger partial charge in [-0.15, -0.1) is 0 Å². The van der Waals surface area contributed by atoms with E-state index in [2.05, 4.69) is 6.07 Å². The molecule has 1 aromatic carbocycles. The molecule has 2 aliphatic carbocycles. The van der Waals surface area contributed by atoms with Crippen LogP contribution in [-0.4, -0.2) is 43.1 Å². The summed E-state index contributed by atoms with van der Waals surface area (Å²) in [6, 6.07) is 6.12. The minimum atomic E-state index is -0.934. The van der Waals surface area contributed by atoms with Crippen LogP contribution in [0, 0.1) is 5.41 Å². The molecule has 1 aliphatic heterocycles. The number of rotatable bonds is 3. The Morgan fingerprint density at radius 2 is 2.00 bits per heavy atom. The van der Waals surface area contributed by atoms with E-state index in [1.165, 1.54) is 10.5 Å². The molecule has 2 N–H and O–H groups in total. The van der Waals surface area contributed by atoms with Crippen molar-refractivity contribution in [3.8, 4) is 5.75 Å². The fraction of sp³-hybridized carbons (Fsp3) is 0.619. The summed E-state index contributed by atoms with van der Waals surface area (Å²) >= 11 is 0. The molecule has 1 amide bonds. The molecule has 0 radical (unpaired) electrons. The van der Waals surface area contributed by atoms with E-state index in [0.717, 1.165) is 43.4 Å². The topological polar surface area (TPSA) is 77.2 Å². The third kappa shape index (κ3) is 2.49. The molecule has 1 fully saturated rings. The van der Waals surface area contributed by atoms with Crippen molar-refractivity contribution in [3.63, 3.8) is 0 Å². The lowest BCUT2D eigenvalue weighted by Gasteiger charge is -2.45. The number of benzene rings is 1. The van der Waals surface area contributed by atoms with E-state index in [9.17, 15) is 4.79 Å². The molecule has 27 heavy (non-hydrogen) atoms. The van der Waals surface area contributed by atoms with Crippen LogP contribution < -0.4 is 10.5 Å². The summed E-state index contributed by atoms with van der Waals surface area (Å²) in [5.74, 6) is 1.06. The highest BCUT2D eigenvalue weighted by molar-refractivity contribution is 6.08. The molecule has 1 heterocycles. The van der Waals surface area contributed by atoms with Crippen molar-refractivity contribution in [1.29, 1.82) is 0 Å².